The lowest BCUT2D eigenvalue weighted by atomic mass is 9.88. The molecule has 0 spiro atoms. The minimum Gasteiger partial charge on any atom is -0.437 e. The Bertz CT molecular complexity index is 2750. The van der Waals surface area contributed by atoms with Crippen LogP contribution in [0.5, 0.6) is 0 Å². The van der Waals surface area contributed by atoms with Crippen molar-refractivity contribution in [3.63, 3.8) is 0 Å². The molecule has 0 radical (unpaired) electrons. The highest BCUT2D eigenvalue weighted by Gasteiger charge is 2.34. The van der Waals surface area contributed by atoms with E-state index in [9.17, 15) is 0 Å². The lowest BCUT2D eigenvalue weighted by molar-refractivity contribution is -0.633. The molecule has 6 aromatic carbocycles. The number of rotatable bonds is 5. The van der Waals surface area contributed by atoms with Crippen molar-refractivity contribution in [1.29, 1.82) is 0 Å². The van der Waals surface area contributed by atoms with Crippen LogP contribution >= 0.6 is 0 Å². The SMILES string of the molecule is Cc1ccc2c(oc3nc4cc5ccccc5cc4cc32)c1-c1n(-c2c(C(C)C)cc(-c3ccccc3)cc2C(C)C)c2ccccc2[n+]1C. The number of pyridine rings is 1. The largest absolute Gasteiger partial charge is 0.437 e. The number of furan rings is 1. The Morgan fingerprint density at radius 3 is 2.02 bits per heavy atom. The summed E-state index contributed by atoms with van der Waals surface area (Å²) < 4.78 is 11.7. The van der Waals surface area contributed by atoms with E-state index in [1.54, 1.807) is 0 Å². The van der Waals surface area contributed by atoms with E-state index in [1.807, 2.05) is 0 Å². The average Bonchev–Trinajstić information content (AvgIpc) is 3.63. The quantitative estimate of drug-likeness (QED) is 0.137. The first-order valence-corrected chi connectivity index (χ1v) is 17.7. The first kappa shape index (κ1) is 30.3. The summed E-state index contributed by atoms with van der Waals surface area (Å²) >= 11 is 0. The van der Waals surface area contributed by atoms with Gasteiger partial charge >= 0.3 is 0 Å². The number of fused-ring (bicyclic) bond motifs is 6. The minimum absolute atomic E-state index is 0.292. The van der Waals surface area contributed by atoms with Crippen LogP contribution in [0.2, 0.25) is 0 Å². The molecule has 0 saturated carbocycles. The van der Waals surface area contributed by atoms with Gasteiger partial charge < -0.3 is 4.42 Å². The first-order valence-electron chi connectivity index (χ1n) is 17.7. The van der Waals surface area contributed by atoms with Gasteiger partial charge in [0.25, 0.3) is 5.82 Å². The summed E-state index contributed by atoms with van der Waals surface area (Å²) in [5.74, 6) is 1.68. The number of hydrogen-bond acceptors (Lipinski definition) is 2. The molecular weight excluding hydrogens is 611 g/mol. The second-order valence-electron chi connectivity index (χ2n) is 14.4. The molecule has 9 rings (SSSR count). The van der Waals surface area contributed by atoms with Crippen LogP contribution in [0.1, 0.15) is 56.2 Å². The number of hydrogen-bond donors (Lipinski definition) is 0. The third-order valence-electron chi connectivity index (χ3n) is 10.5. The third-order valence-corrected chi connectivity index (χ3v) is 10.5. The van der Waals surface area contributed by atoms with E-state index in [-0.39, 0.29) is 0 Å². The normalized spacial score (nSPS) is 12.2. The molecule has 244 valence electrons. The van der Waals surface area contributed by atoms with Crippen LogP contribution in [0.25, 0.3) is 83.0 Å². The minimum atomic E-state index is 0.292. The topological polar surface area (TPSA) is 34.8 Å². The molecule has 4 heteroatoms. The molecule has 3 aromatic heterocycles. The highest BCUT2D eigenvalue weighted by atomic mass is 16.3. The van der Waals surface area contributed by atoms with Crippen molar-refractivity contribution in [2.75, 3.05) is 0 Å². The van der Waals surface area contributed by atoms with Crippen LogP contribution < -0.4 is 4.57 Å². The molecule has 9 aromatic rings. The van der Waals surface area contributed by atoms with Crippen molar-refractivity contribution in [3.05, 3.63) is 138 Å². The monoisotopic (exact) mass is 650 g/mol. The van der Waals surface area contributed by atoms with Crippen molar-refractivity contribution < 1.29 is 8.98 Å². The molecule has 0 saturated heterocycles. The molecule has 0 unspecified atom stereocenters. The average molecular weight is 651 g/mol. The number of aryl methyl sites for hydroxylation is 2. The summed E-state index contributed by atoms with van der Waals surface area (Å²) in [6, 6.07) is 43.9. The summed E-state index contributed by atoms with van der Waals surface area (Å²) in [6.07, 6.45) is 0. The van der Waals surface area contributed by atoms with E-state index in [0.717, 1.165) is 44.2 Å². The number of nitrogens with zero attached hydrogens (tertiary/aromatic N) is 3. The van der Waals surface area contributed by atoms with Gasteiger partial charge in [0.05, 0.1) is 12.6 Å². The van der Waals surface area contributed by atoms with E-state index in [2.05, 4.69) is 172 Å². The molecule has 0 atom stereocenters. The number of aromatic nitrogens is 3. The van der Waals surface area contributed by atoms with Crippen molar-refractivity contribution >= 4 is 54.8 Å². The van der Waals surface area contributed by atoms with Crippen molar-refractivity contribution in [1.82, 2.24) is 9.55 Å². The summed E-state index contributed by atoms with van der Waals surface area (Å²) in [5, 5.41) is 5.61. The van der Waals surface area contributed by atoms with Crippen LogP contribution in [0.3, 0.4) is 0 Å². The zero-order valence-electron chi connectivity index (χ0n) is 29.5. The Morgan fingerprint density at radius 2 is 1.30 bits per heavy atom. The van der Waals surface area contributed by atoms with E-state index < -0.39 is 0 Å². The third kappa shape index (κ3) is 4.59. The van der Waals surface area contributed by atoms with E-state index >= 15 is 0 Å². The second kappa shape index (κ2) is 11.4. The predicted octanol–water partition coefficient (Wildman–Crippen LogP) is 11.9. The Hall–Kier alpha value is -5.74. The standard InChI is InChI=1S/C46H40N3O/c1-27(2)36-23-33(30-14-8-7-9-15-30)24-37(28(3)4)43(36)49-41-19-13-12-18-40(41)48(6)46(49)42-29(5)20-21-35-38-25-34-22-31-16-10-11-17-32(31)26-39(34)47-45(38)50-44(35)42/h7-28H,1-6H3/q+1. The molecule has 0 aliphatic carbocycles. The maximum atomic E-state index is 6.88. The maximum absolute atomic E-state index is 6.88. The Balaban J connectivity index is 1.39. The Morgan fingerprint density at radius 1 is 0.640 bits per heavy atom. The fourth-order valence-corrected chi connectivity index (χ4v) is 7.93. The second-order valence-corrected chi connectivity index (χ2v) is 14.4. The van der Waals surface area contributed by atoms with E-state index in [1.165, 1.54) is 49.7 Å². The van der Waals surface area contributed by atoms with Gasteiger partial charge in [-0.2, -0.15) is 4.57 Å². The molecule has 0 fully saturated rings. The van der Waals surface area contributed by atoms with Gasteiger partial charge in [-0.15, -0.1) is 0 Å². The molecule has 0 aliphatic heterocycles. The van der Waals surface area contributed by atoms with Gasteiger partial charge in [-0.05, 0) is 88.7 Å². The van der Waals surface area contributed by atoms with Gasteiger partial charge in [-0.1, -0.05) is 107 Å². The fourth-order valence-electron chi connectivity index (χ4n) is 7.93. The molecule has 50 heavy (non-hydrogen) atoms. The summed E-state index contributed by atoms with van der Waals surface area (Å²) in [6.45, 7) is 11.5. The highest BCUT2D eigenvalue weighted by molar-refractivity contribution is 6.12. The Kier molecular flexibility index (Phi) is 6.93. The molecule has 0 aliphatic rings. The summed E-state index contributed by atoms with van der Waals surface area (Å²) in [5.41, 5.74) is 13.5. The van der Waals surface area contributed by atoms with Crippen LogP contribution in [0.15, 0.2) is 126 Å². The number of imidazole rings is 1. The van der Waals surface area contributed by atoms with Gasteiger partial charge in [0, 0.05) is 27.3 Å². The molecule has 0 N–H and O–H groups in total. The number of benzene rings is 6. The van der Waals surface area contributed by atoms with Gasteiger partial charge in [0.1, 0.15) is 11.3 Å². The van der Waals surface area contributed by atoms with Gasteiger partial charge in [0.15, 0.2) is 16.6 Å². The van der Waals surface area contributed by atoms with Crippen molar-refractivity contribution in [2.24, 2.45) is 7.05 Å². The lowest BCUT2D eigenvalue weighted by Crippen LogP contribution is -2.30. The van der Waals surface area contributed by atoms with Crippen molar-refractivity contribution in [3.8, 4) is 28.2 Å². The first-order chi connectivity index (χ1) is 24.3. The van der Waals surface area contributed by atoms with E-state index in [4.69, 9.17) is 9.40 Å². The number of para-hydroxylation sites is 2. The maximum Gasteiger partial charge on any atom is 0.299 e. The van der Waals surface area contributed by atoms with Crippen LogP contribution in [-0.2, 0) is 7.05 Å². The van der Waals surface area contributed by atoms with Gasteiger partial charge in [-0.25, -0.2) is 9.55 Å². The summed E-state index contributed by atoms with van der Waals surface area (Å²) in [4.78, 5) is 5.11. The summed E-state index contributed by atoms with van der Waals surface area (Å²) in [7, 11) is 2.19. The van der Waals surface area contributed by atoms with Gasteiger partial charge in [0.2, 0.25) is 5.71 Å². The molecule has 4 nitrogen and oxygen atoms in total. The predicted molar refractivity (Wildman–Crippen MR) is 208 cm³/mol. The van der Waals surface area contributed by atoms with Crippen LogP contribution in [0, 0.1) is 6.92 Å². The van der Waals surface area contributed by atoms with Crippen LogP contribution in [-0.4, -0.2) is 9.55 Å². The van der Waals surface area contributed by atoms with Gasteiger partial charge in [-0.3, -0.25) is 0 Å². The smallest absolute Gasteiger partial charge is 0.299 e. The fraction of sp³-hybridized carbons (Fsp3) is 0.174. The Labute approximate surface area is 292 Å². The highest BCUT2D eigenvalue weighted by Crippen LogP contribution is 2.43. The zero-order chi connectivity index (χ0) is 34.3. The molecule has 0 bridgehead atoms. The lowest BCUT2D eigenvalue weighted by Gasteiger charge is -2.21. The zero-order valence-corrected chi connectivity index (χ0v) is 29.5. The molecular formula is C46H40N3O+. The van der Waals surface area contributed by atoms with Crippen molar-refractivity contribution in [2.45, 2.75) is 46.5 Å². The molecule has 3 heterocycles. The van der Waals surface area contributed by atoms with E-state index in [0.29, 0.717) is 17.5 Å². The van der Waals surface area contributed by atoms with Crippen LogP contribution in [0.4, 0.5) is 0 Å². The molecule has 0 amide bonds.